The van der Waals surface area contributed by atoms with Gasteiger partial charge < -0.3 is 9.64 Å². The highest BCUT2D eigenvalue weighted by atomic mass is 16.5. The maximum atomic E-state index is 12.3. The van der Waals surface area contributed by atoms with Gasteiger partial charge in [0.15, 0.2) is 5.78 Å². The average Bonchev–Trinajstić information content (AvgIpc) is 2.61. The van der Waals surface area contributed by atoms with Crippen LogP contribution in [0.15, 0.2) is 54.6 Å². The summed E-state index contributed by atoms with van der Waals surface area (Å²) in [6.07, 6.45) is 3.50. The van der Waals surface area contributed by atoms with Crippen LogP contribution in [0.2, 0.25) is 0 Å². The molecule has 0 N–H and O–H groups in total. The molecule has 3 rings (SSSR count). The number of rotatable bonds is 4. The van der Waals surface area contributed by atoms with Crippen molar-refractivity contribution in [2.75, 3.05) is 31.2 Å². The van der Waals surface area contributed by atoms with Gasteiger partial charge >= 0.3 is 0 Å². The van der Waals surface area contributed by atoms with Gasteiger partial charge in [-0.2, -0.15) is 0 Å². The molecule has 0 bridgehead atoms. The number of anilines is 1. The lowest BCUT2D eigenvalue weighted by molar-refractivity contribution is 0.104. The predicted molar refractivity (Wildman–Crippen MR) is 94.0 cm³/mol. The number of ketones is 1. The van der Waals surface area contributed by atoms with Crippen LogP contribution in [0.1, 0.15) is 21.5 Å². The van der Waals surface area contributed by atoms with Crippen LogP contribution in [0.4, 0.5) is 5.69 Å². The summed E-state index contributed by atoms with van der Waals surface area (Å²) in [6, 6.07) is 15.9. The van der Waals surface area contributed by atoms with Gasteiger partial charge in [0, 0.05) is 24.3 Å². The summed E-state index contributed by atoms with van der Waals surface area (Å²) >= 11 is 0. The molecule has 118 valence electrons. The van der Waals surface area contributed by atoms with Gasteiger partial charge in [-0.05, 0) is 42.8 Å². The Morgan fingerprint density at radius 3 is 2.52 bits per heavy atom. The van der Waals surface area contributed by atoms with Crippen LogP contribution in [-0.2, 0) is 4.74 Å². The van der Waals surface area contributed by atoms with Gasteiger partial charge in [-0.25, -0.2) is 0 Å². The van der Waals surface area contributed by atoms with E-state index in [1.807, 2.05) is 55.5 Å². The second-order valence-electron chi connectivity index (χ2n) is 5.76. The lowest BCUT2D eigenvalue weighted by Gasteiger charge is -2.28. The average molecular weight is 307 g/mol. The summed E-state index contributed by atoms with van der Waals surface area (Å²) in [7, 11) is 0. The number of carbonyl (C=O) groups is 1. The van der Waals surface area contributed by atoms with Crippen molar-refractivity contribution in [2.24, 2.45) is 0 Å². The Kier molecular flexibility index (Phi) is 4.89. The van der Waals surface area contributed by atoms with Crippen molar-refractivity contribution in [2.45, 2.75) is 6.92 Å². The third-order valence-corrected chi connectivity index (χ3v) is 4.00. The van der Waals surface area contributed by atoms with E-state index in [1.54, 1.807) is 6.08 Å². The number of carbonyl (C=O) groups excluding carboxylic acids is 1. The zero-order valence-electron chi connectivity index (χ0n) is 13.4. The number of nitrogens with zero attached hydrogens (tertiary/aromatic N) is 1. The lowest BCUT2D eigenvalue weighted by Crippen LogP contribution is -2.36. The number of benzene rings is 2. The number of hydrogen-bond acceptors (Lipinski definition) is 3. The van der Waals surface area contributed by atoms with Gasteiger partial charge in [-0.1, -0.05) is 35.9 Å². The zero-order chi connectivity index (χ0) is 16.1. The second-order valence-corrected chi connectivity index (χ2v) is 5.76. The van der Waals surface area contributed by atoms with E-state index in [0.717, 1.165) is 37.6 Å². The minimum Gasteiger partial charge on any atom is -0.378 e. The van der Waals surface area contributed by atoms with Gasteiger partial charge in [-0.3, -0.25) is 4.79 Å². The Balaban J connectivity index is 1.67. The molecule has 1 saturated heterocycles. The Bertz CT molecular complexity index is 698. The van der Waals surface area contributed by atoms with E-state index in [4.69, 9.17) is 4.74 Å². The van der Waals surface area contributed by atoms with Gasteiger partial charge in [0.05, 0.1) is 13.2 Å². The standard InChI is InChI=1S/C20H21NO2/c1-16-3-2-4-17(15-16)5-10-20(22)18-6-8-19(9-7-18)21-11-13-23-14-12-21/h2-10,15H,11-14H2,1H3. The van der Waals surface area contributed by atoms with Crippen LogP contribution in [0.3, 0.4) is 0 Å². The van der Waals surface area contributed by atoms with Crippen molar-refractivity contribution in [3.63, 3.8) is 0 Å². The number of hydrogen-bond donors (Lipinski definition) is 0. The maximum absolute atomic E-state index is 12.3. The van der Waals surface area contributed by atoms with Crippen LogP contribution < -0.4 is 4.90 Å². The molecule has 1 aliphatic rings. The fraction of sp³-hybridized carbons (Fsp3) is 0.250. The van der Waals surface area contributed by atoms with E-state index < -0.39 is 0 Å². The molecule has 2 aromatic rings. The predicted octanol–water partition coefficient (Wildman–Crippen LogP) is 3.73. The third kappa shape index (κ3) is 4.08. The molecule has 0 unspecified atom stereocenters. The summed E-state index contributed by atoms with van der Waals surface area (Å²) in [4.78, 5) is 14.5. The summed E-state index contributed by atoms with van der Waals surface area (Å²) in [6.45, 7) is 5.38. The monoisotopic (exact) mass is 307 g/mol. The normalized spacial score (nSPS) is 15.1. The Hall–Kier alpha value is -2.39. The molecule has 0 amide bonds. The number of ether oxygens (including phenoxy) is 1. The number of morpholine rings is 1. The first-order valence-electron chi connectivity index (χ1n) is 7.94. The van der Waals surface area contributed by atoms with Gasteiger partial charge in [0.1, 0.15) is 0 Å². The second kappa shape index (κ2) is 7.25. The molecule has 1 heterocycles. The highest BCUT2D eigenvalue weighted by molar-refractivity contribution is 6.07. The first kappa shape index (κ1) is 15.5. The number of aryl methyl sites for hydroxylation is 1. The molecule has 23 heavy (non-hydrogen) atoms. The largest absolute Gasteiger partial charge is 0.378 e. The van der Waals surface area contributed by atoms with Crippen molar-refractivity contribution in [1.82, 2.24) is 0 Å². The topological polar surface area (TPSA) is 29.5 Å². The van der Waals surface area contributed by atoms with Gasteiger partial charge in [-0.15, -0.1) is 0 Å². The molecule has 2 aromatic carbocycles. The summed E-state index contributed by atoms with van der Waals surface area (Å²) in [5.74, 6) is 0.0278. The van der Waals surface area contributed by atoms with Crippen LogP contribution in [0.25, 0.3) is 6.08 Å². The molecule has 3 nitrogen and oxygen atoms in total. The van der Waals surface area contributed by atoms with Crippen molar-refractivity contribution in [3.8, 4) is 0 Å². The Morgan fingerprint density at radius 2 is 1.83 bits per heavy atom. The van der Waals surface area contributed by atoms with Crippen molar-refractivity contribution < 1.29 is 9.53 Å². The molecule has 1 aliphatic heterocycles. The molecule has 1 fully saturated rings. The third-order valence-electron chi connectivity index (χ3n) is 4.00. The molecule has 0 atom stereocenters. The van der Waals surface area contributed by atoms with Gasteiger partial charge in [0.25, 0.3) is 0 Å². The van der Waals surface area contributed by atoms with Crippen molar-refractivity contribution >= 4 is 17.5 Å². The van der Waals surface area contributed by atoms with E-state index in [9.17, 15) is 4.79 Å². The Labute approximate surface area is 137 Å². The lowest BCUT2D eigenvalue weighted by atomic mass is 10.1. The van der Waals surface area contributed by atoms with E-state index in [1.165, 1.54) is 5.56 Å². The van der Waals surface area contributed by atoms with Gasteiger partial charge in [0.2, 0.25) is 0 Å². The first-order valence-corrected chi connectivity index (χ1v) is 7.94. The van der Waals surface area contributed by atoms with Crippen LogP contribution in [-0.4, -0.2) is 32.1 Å². The van der Waals surface area contributed by atoms with Crippen LogP contribution >= 0.6 is 0 Å². The van der Waals surface area contributed by atoms with Crippen LogP contribution in [0, 0.1) is 6.92 Å². The molecule has 0 saturated carbocycles. The maximum Gasteiger partial charge on any atom is 0.185 e. The van der Waals surface area contributed by atoms with E-state index in [2.05, 4.69) is 11.0 Å². The smallest absolute Gasteiger partial charge is 0.185 e. The zero-order valence-corrected chi connectivity index (χ0v) is 13.4. The SMILES string of the molecule is Cc1cccc(C=CC(=O)c2ccc(N3CCOCC3)cc2)c1. The van der Waals surface area contributed by atoms with E-state index >= 15 is 0 Å². The molecule has 0 aliphatic carbocycles. The quantitative estimate of drug-likeness (QED) is 0.637. The molecular formula is C20H21NO2. The van der Waals surface area contributed by atoms with E-state index in [-0.39, 0.29) is 5.78 Å². The first-order chi connectivity index (χ1) is 11.2. The summed E-state index contributed by atoms with van der Waals surface area (Å²) in [5, 5.41) is 0. The minimum atomic E-state index is 0.0278. The molecule has 0 aromatic heterocycles. The highest BCUT2D eigenvalue weighted by Crippen LogP contribution is 2.17. The summed E-state index contributed by atoms with van der Waals surface area (Å²) in [5.41, 5.74) is 4.09. The highest BCUT2D eigenvalue weighted by Gasteiger charge is 2.11. The molecule has 0 spiro atoms. The minimum absolute atomic E-state index is 0.0278. The Morgan fingerprint density at radius 1 is 1.09 bits per heavy atom. The fourth-order valence-corrected chi connectivity index (χ4v) is 2.70. The van der Waals surface area contributed by atoms with Crippen molar-refractivity contribution in [3.05, 3.63) is 71.3 Å². The molecule has 0 radical (unpaired) electrons. The van der Waals surface area contributed by atoms with Crippen LogP contribution in [0.5, 0.6) is 0 Å². The molecule has 3 heteroatoms. The number of allylic oxidation sites excluding steroid dienone is 1. The summed E-state index contributed by atoms with van der Waals surface area (Å²) < 4.78 is 5.36. The van der Waals surface area contributed by atoms with E-state index in [0.29, 0.717) is 5.56 Å². The molecular weight excluding hydrogens is 286 g/mol. The fourth-order valence-electron chi connectivity index (χ4n) is 2.70. The van der Waals surface area contributed by atoms with Crippen molar-refractivity contribution in [1.29, 1.82) is 0 Å².